The molecule has 0 saturated heterocycles. The molecule has 0 aromatic heterocycles. The zero-order valence-electron chi connectivity index (χ0n) is 15.9. The fraction of sp³-hybridized carbons (Fsp3) is 0.364. The molecule has 1 aliphatic carbocycles. The highest BCUT2D eigenvalue weighted by molar-refractivity contribution is 5.94. The number of carbonyl (C=O) groups is 2. The molecule has 2 aromatic rings. The Morgan fingerprint density at radius 3 is 2.25 bits per heavy atom. The van der Waals surface area contributed by atoms with Crippen LogP contribution in [0.4, 0.5) is 0 Å². The van der Waals surface area contributed by atoms with E-state index in [1.807, 2.05) is 42.5 Å². The lowest BCUT2D eigenvalue weighted by Gasteiger charge is -2.13. The van der Waals surface area contributed by atoms with Crippen molar-refractivity contribution >= 4 is 24.2 Å². The van der Waals surface area contributed by atoms with Gasteiger partial charge in [-0.05, 0) is 36.1 Å². The number of nitrogens with two attached hydrogens (primary N) is 1. The molecular formula is C22H28ClN3O2. The van der Waals surface area contributed by atoms with Crippen LogP contribution in [0.25, 0.3) is 0 Å². The molecule has 1 aliphatic rings. The summed E-state index contributed by atoms with van der Waals surface area (Å²) in [5.41, 5.74) is 8.67. The van der Waals surface area contributed by atoms with Crippen LogP contribution in [0.15, 0.2) is 54.6 Å². The Bertz CT molecular complexity index is 759. The van der Waals surface area contributed by atoms with Gasteiger partial charge in [0.05, 0.1) is 0 Å². The monoisotopic (exact) mass is 401 g/mol. The first kappa shape index (κ1) is 21.9. The summed E-state index contributed by atoms with van der Waals surface area (Å²) in [6.07, 6.45) is 4.29. The van der Waals surface area contributed by atoms with Gasteiger partial charge in [-0.25, -0.2) is 0 Å². The summed E-state index contributed by atoms with van der Waals surface area (Å²) in [7, 11) is 0. The Kier molecular flexibility index (Phi) is 8.48. The molecule has 0 bridgehead atoms. The summed E-state index contributed by atoms with van der Waals surface area (Å²) < 4.78 is 0. The maximum absolute atomic E-state index is 12.3. The third-order valence-electron chi connectivity index (χ3n) is 5.12. The molecule has 6 heteroatoms. The number of hydrogen-bond acceptors (Lipinski definition) is 3. The van der Waals surface area contributed by atoms with Gasteiger partial charge in [-0.15, -0.1) is 12.4 Å². The largest absolute Gasteiger partial charge is 0.352 e. The third-order valence-corrected chi connectivity index (χ3v) is 5.12. The highest BCUT2D eigenvalue weighted by atomic mass is 35.5. The average molecular weight is 402 g/mol. The van der Waals surface area contributed by atoms with Crippen molar-refractivity contribution in [1.29, 1.82) is 0 Å². The molecule has 1 unspecified atom stereocenters. The molecule has 5 nitrogen and oxygen atoms in total. The Hall–Kier alpha value is -2.37. The Morgan fingerprint density at radius 1 is 0.964 bits per heavy atom. The number of nitrogens with one attached hydrogen (secondary N) is 2. The van der Waals surface area contributed by atoms with Gasteiger partial charge in [-0.2, -0.15) is 0 Å². The van der Waals surface area contributed by atoms with E-state index in [2.05, 4.69) is 10.6 Å². The van der Waals surface area contributed by atoms with Crippen LogP contribution >= 0.6 is 12.4 Å². The first-order chi connectivity index (χ1) is 13.1. The minimum Gasteiger partial charge on any atom is -0.352 e. The maximum atomic E-state index is 12.3. The second kappa shape index (κ2) is 10.8. The number of benzene rings is 2. The normalized spacial score (nSPS) is 14.8. The van der Waals surface area contributed by atoms with Crippen molar-refractivity contribution in [2.75, 3.05) is 6.54 Å². The topological polar surface area (TPSA) is 84.2 Å². The molecule has 1 fully saturated rings. The lowest BCUT2D eigenvalue weighted by Crippen LogP contribution is -2.32. The number of amides is 2. The van der Waals surface area contributed by atoms with Gasteiger partial charge in [-0.3, -0.25) is 9.59 Å². The number of halogens is 1. The first-order valence-corrected chi connectivity index (χ1v) is 9.59. The van der Waals surface area contributed by atoms with Gasteiger partial charge >= 0.3 is 0 Å². The van der Waals surface area contributed by atoms with Crippen LogP contribution in [-0.2, 0) is 11.3 Å². The van der Waals surface area contributed by atoms with Gasteiger partial charge in [0.25, 0.3) is 5.91 Å². The summed E-state index contributed by atoms with van der Waals surface area (Å²) in [6, 6.07) is 16.8. The minimum absolute atomic E-state index is 0. The van der Waals surface area contributed by atoms with Gasteiger partial charge in [0.1, 0.15) is 0 Å². The van der Waals surface area contributed by atoms with E-state index in [0.29, 0.717) is 18.7 Å². The van der Waals surface area contributed by atoms with Gasteiger partial charge in [0.15, 0.2) is 0 Å². The van der Waals surface area contributed by atoms with Crippen molar-refractivity contribution < 1.29 is 9.59 Å². The molecule has 150 valence electrons. The van der Waals surface area contributed by atoms with Gasteiger partial charge < -0.3 is 16.4 Å². The predicted octanol–water partition coefficient (Wildman–Crippen LogP) is 3.34. The van der Waals surface area contributed by atoms with E-state index < -0.39 is 0 Å². The van der Waals surface area contributed by atoms with E-state index in [1.165, 1.54) is 0 Å². The highest BCUT2D eigenvalue weighted by Crippen LogP contribution is 2.24. The molecule has 3 rings (SSSR count). The van der Waals surface area contributed by atoms with Crippen LogP contribution in [0.2, 0.25) is 0 Å². The van der Waals surface area contributed by atoms with Crippen LogP contribution in [0.5, 0.6) is 0 Å². The zero-order valence-corrected chi connectivity index (χ0v) is 16.7. The third kappa shape index (κ3) is 6.08. The van der Waals surface area contributed by atoms with E-state index in [1.54, 1.807) is 12.1 Å². The fourth-order valence-corrected chi connectivity index (χ4v) is 3.42. The SMILES string of the molecule is Cl.NC(CNC(=O)c1ccc(CNC(=O)C2CCCC2)cc1)c1ccccc1. The summed E-state index contributed by atoms with van der Waals surface area (Å²) in [5.74, 6) is 0.163. The molecule has 1 atom stereocenters. The van der Waals surface area contributed by atoms with Crippen molar-refractivity contribution in [1.82, 2.24) is 10.6 Å². The molecule has 0 aliphatic heterocycles. The molecule has 1 saturated carbocycles. The predicted molar refractivity (Wildman–Crippen MR) is 113 cm³/mol. The standard InChI is InChI=1S/C22H27N3O2.ClH/c23-20(17-6-2-1-3-7-17)15-25-22(27)19-12-10-16(11-13-19)14-24-21(26)18-8-4-5-9-18;/h1-3,6-7,10-13,18,20H,4-5,8-9,14-15,23H2,(H,24,26)(H,25,27);1H. The van der Waals surface area contributed by atoms with Crippen molar-refractivity contribution in [3.05, 3.63) is 71.3 Å². The average Bonchev–Trinajstić information content (AvgIpc) is 3.26. The van der Waals surface area contributed by atoms with Crippen molar-refractivity contribution in [3.8, 4) is 0 Å². The molecule has 4 N–H and O–H groups in total. The van der Waals surface area contributed by atoms with E-state index in [4.69, 9.17) is 5.73 Å². The fourth-order valence-electron chi connectivity index (χ4n) is 3.42. The Balaban J connectivity index is 0.00000280. The molecule has 0 heterocycles. The van der Waals surface area contributed by atoms with Crippen LogP contribution in [-0.4, -0.2) is 18.4 Å². The second-order valence-electron chi connectivity index (χ2n) is 7.12. The molecule has 2 amide bonds. The summed E-state index contributed by atoms with van der Waals surface area (Å²) in [4.78, 5) is 24.4. The van der Waals surface area contributed by atoms with E-state index in [9.17, 15) is 9.59 Å². The Morgan fingerprint density at radius 2 is 1.61 bits per heavy atom. The Labute approximate surface area is 172 Å². The lowest BCUT2D eigenvalue weighted by atomic mass is 10.1. The summed E-state index contributed by atoms with van der Waals surface area (Å²) in [6.45, 7) is 0.873. The first-order valence-electron chi connectivity index (χ1n) is 9.59. The van der Waals surface area contributed by atoms with Crippen LogP contribution < -0.4 is 16.4 Å². The van der Waals surface area contributed by atoms with Crippen LogP contribution in [0, 0.1) is 5.92 Å². The summed E-state index contributed by atoms with van der Waals surface area (Å²) in [5, 5.41) is 5.86. The maximum Gasteiger partial charge on any atom is 0.251 e. The lowest BCUT2D eigenvalue weighted by molar-refractivity contribution is -0.124. The smallest absolute Gasteiger partial charge is 0.251 e. The number of carbonyl (C=O) groups excluding carboxylic acids is 2. The molecule has 0 radical (unpaired) electrons. The van der Waals surface area contributed by atoms with Crippen molar-refractivity contribution in [2.24, 2.45) is 11.7 Å². The van der Waals surface area contributed by atoms with Crippen LogP contribution in [0.3, 0.4) is 0 Å². The van der Waals surface area contributed by atoms with Gasteiger partial charge in [-0.1, -0.05) is 55.3 Å². The number of rotatable bonds is 7. The quantitative estimate of drug-likeness (QED) is 0.665. The second-order valence-corrected chi connectivity index (χ2v) is 7.12. The van der Waals surface area contributed by atoms with E-state index >= 15 is 0 Å². The van der Waals surface area contributed by atoms with E-state index in [0.717, 1.165) is 36.8 Å². The van der Waals surface area contributed by atoms with E-state index in [-0.39, 0.29) is 36.2 Å². The van der Waals surface area contributed by atoms with Crippen molar-refractivity contribution in [2.45, 2.75) is 38.3 Å². The highest BCUT2D eigenvalue weighted by Gasteiger charge is 2.22. The molecule has 0 spiro atoms. The van der Waals surface area contributed by atoms with Gasteiger partial charge in [0.2, 0.25) is 5.91 Å². The summed E-state index contributed by atoms with van der Waals surface area (Å²) >= 11 is 0. The minimum atomic E-state index is -0.236. The molecular weight excluding hydrogens is 374 g/mol. The van der Waals surface area contributed by atoms with Gasteiger partial charge in [0, 0.05) is 30.6 Å². The van der Waals surface area contributed by atoms with Crippen molar-refractivity contribution in [3.63, 3.8) is 0 Å². The van der Waals surface area contributed by atoms with Crippen LogP contribution in [0.1, 0.15) is 53.2 Å². The zero-order chi connectivity index (χ0) is 19.1. The molecule has 2 aromatic carbocycles. The molecule has 28 heavy (non-hydrogen) atoms. The number of hydrogen-bond donors (Lipinski definition) is 3.